The van der Waals surface area contributed by atoms with Gasteiger partial charge in [0, 0.05) is 11.6 Å². The number of rotatable bonds is 6. The van der Waals surface area contributed by atoms with Gasteiger partial charge in [-0.25, -0.2) is 4.21 Å². The molecule has 1 heterocycles. The maximum Gasteiger partial charge on any atom is 0.573 e. The number of hydrogen-bond acceptors (Lipinski definition) is 5. The van der Waals surface area contributed by atoms with E-state index in [-0.39, 0.29) is 17.8 Å². The minimum Gasteiger partial charge on any atom is -0.486 e. The highest BCUT2D eigenvalue weighted by Gasteiger charge is 2.31. The molecule has 1 aliphatic heterocycles. The van der Waals surface area contributed by atoms with Crippen molar-refractivity contribution in [1.29, 1.82) is 0 Å². The van der Waals surface area contributed by atoms with Gasteiger partial charge in [0.25, 0.3) is 5.91 Å². The van der Waals surface area contributed by atoms with Gasteiger partial charge < -0.3 is 14.2 Å². The third kappa shape index (κ3) is 5.17. The zero-order valence-corrected chi connectivity index (χ0v) is 18.8. The van der Waals surface area contributed by atoms with Gasteiger partial charge in [-0.05, 0) is 66.4 Å². The highest BCUT2D eigenvalue weighted by Crippen LogP contribution is 2.41. The molecule has 3 aromatic carbocycles. The highest BCUT2D eigenvalue weighted by atomic mass is 32.2. The van der Waals surface area contributed by atoms with Crippen molar-refractivity contribution in [3.05, 3.63) is 89.5 Å². The quantitative estimate of drug-likeness (QED) is 0.478. The number of ether oxygens (including phenoxy) is 3. The molecule has 0 fully saturated rings. The lowest BCUT2D eigenvalue weighted by atomic mass is 10.1. The molecule has 1 N–H and O–H groups in total. The molecule has 0 radical (unpaired) electrons. The number of halogens is 3. The van der Waals surface area contributed by atoms with Gasteiger partial charge in [0.2, 0.25) is 0 Å². The third-order valence-corrected chi connectivity index (χ3v) is 6.67. The van der Waals surface area contributed by atoms with Crippen molar-refractivity contribution in [1.82, 2.24) is 4.72 Å². The fourth-order valence-electron chi connectivity index (χ4n) is 4.04. The summed E-state index contributed by atoms with van der Waals surface area (Å²) in [5, 5.41) is 0. The van der Waals surface area contributed by atoms with Gasteiger partial charge in [-0.3, -0.25) is 9.52 Å². The van der Waals surface area contributed by atoms with E-state index in [4.69, 9.17) is 9.47 Å². The van der Waals surface area contributed by atoms with Crippen molar-refractivity contribution >= 4 is 21.8 Å². The Bertz CT molecular complexity index is 1320. The Balaban J connectivity index is 1.28. The Hall–Kier alpha value is -3.79. The third-order valence-electron chi connectivity index (χ3n) is 5.53. The first-order chi connectivity index (χ1) is 16.7. The molecule has 3 aromatic rings. The Morgan fingerprint density at radius 1 is 0.914 bits per heavy atom. The smallest absolute Gasteiger partial charge is 0.486 e. The van der Waals surface area contributed by atoms with Gasteiger partial charge in [-0.2, -0.15) is 0 Å². The molecule has 0 bridgehead atoms. The van der Waals surface area contributed by atoms with Crippen molar-refractivity contribution in [3.63, 3.8) is 0 Å². The molecule has 2 atom stereocenters. The zero-order valence-electron chi connectivity index (χ0n) is 18.0. The standard InChI is InChI=1S/C25H18F3NO5S/c26-25(27,28)34-18-10-8-17(9-11-18)32-21-3-1-2-19-20(21)12-13-22(19)33-16-6-4-15(5-7-16)23-14-24(30)29-35(23)31/h1-11,14,22H,12-13H2,(H,29,30)/t22-,35?/m1/s1. The first-order valence-corrected chi connectivity index (χ1v) is 11.8. The van der Waals surface area contributed by atoms with Crippen molar-refractivity contribution in [3.8, 4) is 23.0 Å². The maximum atomic E-state index is 12.4. The van der Waals surface area contributed by atoms with E-state index in [1.54, 1.807) is 30.3 Å². The molecule has 1 aliphatic carbocycles. The van der Waals surface area contributed by atoms with Crippen LogP contribution in [0.5, 0.6) is 23.0 Å². The fourth-order valence-corrected chi connectivity index (χ4v) is 4.95. The summed E-state index contributed by atoms with van der Waals surface area (Å²) >= 11 is 0. The van der Waals surface area contributed by atoms with Crippen LogP contribution in [0.2, 0.25) is 0 Å². The number of alkyl halides is 3. The molecule has 180 valence electrons. The number of fused-ring (bicyclic) bond motifs is 1. The Morgan fingerprint density at radius 2 is 1.60 bits per heavy atom. The summed E-state index contributed by atoms with van der Waals surface area (Å²) in [5.74, 6) is 0.924. The summed E-state index contributed by atoms with van der Waals surface area (Å²) in [6.45, 7) is 0. The van der Waals surface area contributed by atoms with Crippen LogP contribution in [0.15, 0.2) is 72.8 Å². The Morgan fingerprint density at radius 3 is 2.26 bits per heavy atom. The van der Waals surface area contributed by atoms with E-state index in [0.717, 1.165) is 17.5 Å². The number of benzene rings is 3. The van der Waals surface area contributed by atoms with Crippen LogP contribution < -0.4 is 18.9 Å². The number of carbonyl (C=O) groups excluding carboxylic acids is 1. The zero-order chi connectivity index (χ0) is 24.6. The number of carbonyl (C=O) groups is 1. The molecule has 35 heavy (non-hydrogen) atoms. The Labute approximate surface area is 200 Å². The first kappa shape index (κ1) is 23.0. The van der Waals surface area contributed by atoms with Crippen LogP contribution in [0.4, 0.5) is 13.2 Å². The normalized spacial score (nSPS) is 19.1. The lowest BCUT2D eigenvalue weighted by Crippen LogP contribution is -2.16. The number of nitrogens with one attached hydrogen (secondary N) is 1. The van der Waals surface area contributed by atoms with Crippen LogP contribution in [-0.4, -0.2) is 16.5 Å². The van der Waals surface area contributed by atoms with Gasteiger partial charge in [0.1, 0.15) is 29.1 Å². The van der Waals surface area contributed by atoms with E-state index >= 15 is 0 Å². The topological polar surface area (TPSA) is 73.9 Å². The van der Waals surface area contributed by atoms with Gasteiger partial charge in [0.15, 0.2) is 11.0 Å². The predicted octanol–water partition coefficient (Wildman–Crippen LogP) is 5.58. The Kier molecular flexibility index (Phi) is 5.98. The first-order valence-electron chi connectivity index (χ1n) is 10.6. The lowest BCUT2D eigenvalue weighted by molar-refractivity contribution is -0.274. The van der Waals surface area contributed by atoms with Crippen molar-refractivity contribution in [2.24, 2.45) is 0 Å². The highest BCUT2D eigenvalue weighted by molar-refractivity contribution is 7.93. The van der Waals surface area contributed by atoms with E-state index in [0.29, 0.717) is 34.1 Å². The number of hydrogen-bond donors (Lipinski definition) is 1. The van der Waals surface area contributed by atoms with Crippen molar-refractivity contribution < 1.29 is 36.4 Å². The van der Waals surface area contributed by atoms with Gasteiger partial charge in [-0.15, -0.1) is 13.2 Å². The fraction of sp³-hybridized carbons (Fsp3) is 0.160. The second-order valence-corrected chi connectivity index (χ2v) is 9.04. The van der Waals surface area contributed by atoms with Crippen molar-refractivity contribution in [2.45, 2.75) is 25.3 Å². The van der Waals surface area contributed by atoms with E-state index in [2.05, 4.69) is 9.46 Å². The maximum absolute atomic E-state index is 12.4. The van der Waals surface area contributed by atoms with Gasteiger partial charge in [0.05, 0.1) is 4.91 Å². The summed E-state index contributed by atoms with van der Waals surface area (Å²) < 4.78 is 67.3. The molecule has 2 aliphatic rings. The minimum absolute atomic E-state index is 0.204. The molecular formula is C25H18F3NO5S. The predicted molar refractivity (Wildman–Crippen MR) is 122 cm³/mol. The monoisotopic (exact) mass is 501 g/mol. The van der Waals surface area contributed by atoms with Crippen LogP contribution >= 0.6 is 0 Å². The van der Waals surface area contributed by atoms with Crippen LogP contribution in [0.25, 0.3) is 4.91 Å². The van der Waals surface area contributed by atoms with Gasteiger partial charge >= 0.3 is 6.36 Å². The van der Waals surface area contributed by atoms with E-state index in [1.165, 1.54) is 30.3 Å². The average Bonchev–Trinajstić information content (AvgIpc) is 3.37. The summed E-state index contributed by atoms with van der Waals surface area (Å²) in [7, 11) is -1.56. The second kappa shape index (κ2) is 9.10. The summed E-state index contributed by atoms with van der Waals surface area (Å²) in [6.07, 6.45) is -2.20. The molecule has 0 saturated carbocycles. The van der Waals surface area contributed by atoms with Crippen LogP contribution in [0, 0.1) is 0 Å². The average molecular weight is 501 g/mol. The summed E-state index contributed by atoms with van der Waals surface area (Å²) in [5.41, 5.74) is 2.61. The lowest BCUT2D eigenvalue weighted by Gasteiger charge is -2.16. The molecule has 1 amide bonds. The van der Waals surface area contributed by atoms with Crippen LogP contribution in [0.3, 0.4) is 0 Å². The molecule has 6 nitrogen and oxygen atoms in total. The summed E-state index contributed by atoms with van der Waals surface area (Å²) in [4.78, 5) is 11.8. The van der Waals surface area contributed by atoms with Gasteiger partial charge in [-0.1, -0.05) is 24.3 Å². The molecular weight excluding hydrogens is 483 g/mol. The van der Waals surface area contributed by atoms with E-state index < -0.39 is 17.3 Å². The largest absolute Gasteiger partial charge is 0.573 e. The molecule has 5 rings (SSSR count). The molecule has 0 saturated heterocycles. The molecule has 10 heteroatoms. The van der Waals surface area contributed by atoms with Crippen molar-refractivity contribution in [2.75, 3.05) is 0 Å². The summed E-state index contributed by atoms with van der Waals surface area (Å²) in [6, 6.07) is 17.9. The minimum atomic E-state index is -4.75. The molecule has 0 aromatic heterocycles. The SMILES string of the molecule is O=C1C=C(c2ccc(O[C@@H]3CCc4c(Oc5ccc(OC(F)(F)F)cc5)cccc43)cc2)S(=O)N1. The van der Waals surface area contributed by atoms with Crippen LogP contribution in [-0.2, 0) is 22.2 Å². The van der Waals surface area contributed by atoms with E-state index in [1.807, 2.05) is 12.1 Å². The second-order valence-electron chi connectivity index (χ2n) is 7.86. The number of amides is 1. The molecule has 1 unspecified atom stereocenters. The molecule has 0 spiro atoms. The van der Waals surface area contributed by atoms with E-state index in [9.17, 15) is 22.2 Å². The van der Waals surface area contributed by atoms with Crippen LogP contribution in [0.1, 0.15) is 29.2 Å².